The van der Waals surface area contributed by atoms with E-state index in [9.17, 15) is 9.18 Å². The van der Waals surface area contributed by atoms with Gasteiger partial charge in [-0.2, -0.15) is 0 Å². The van der Waals surface area contributed by atoms with Gasteiger partial charge in [0.1, 0.15) is 5.82 Å². The van der Waals surface area contributed by atoms with E-state index in [1.807, 2.05) is 56.3 Å². The molecule has 3 aromatic rings. The Balaban J connectivity index is 0.000000335. The second-order valence-corrected chi connectivity index (χ2v) is 6.63. The fourth-order valence-electron chi connectivity index (χ4n) is 2.72. The van der Waals surface area contributed by atoms with E-state index in [1.54, 1.807) is 38.8 Å². The normalized spacial score (nSPS) is 11.4. The summed E-state index contributed by atoms with van der Waals surface area (Å²) in [7, 11) is 3.44. The Labute approximate surface area is 177 Å². The molecule has 0 aliphatic rings. The second-order valence-electron chi connectivity index (χ2n) is 6.63. The number of hydrogen-bond donors (Lipinski definition) is 1. The number of carbonyl (C=O) groups excluding carboxylic acids is 1. The summed E-state index contributed by atoms with van der Waals surface area (Å²) in [5, 5.41) is 3.00. The van der Waals surface area contributed by atoms with Crippen LogP contribution in [0.4, 0.5) is 4.39 Å². The number of Topliss-reactive ketones (excluding diaryl/α,β-unsaturated/α-hetero) is 1. The van der Waals surface area contributed by atoms with Crippen molar-refractivity contribution in [1.82, 2.24) is 10.3 Å². The number of aromatic nitrogens is 1. The van der Waals surface area contributed by atoms with Crippen molar-refractivity contribution in [2.24, 2.45) is 4.99 Å². The number of benzene rings is 2. The van der Waals surface area contributed by atoms with Gasteiger partial charge in [-0.25, -0.2) is 4.39 Å². The molecule has 4 nitrogen and oxygen atoms in total. The van der Waals surface area contributed by atoms with Gasteiger partial charge in [-0.1, -0.05) is 36.4 Å². The molecule has 1 N–H and O–H groups in total. The second kappa shape index (κ2) is 11.4. The minimum absolute atomic E-state index is 0.0526. The van der Waals surface area contributed by atoms with Gasteiger partial charge in [0.25, 0.3) is 0 Å². The highest BCUT2D eigenvalue weighted by atomic mass is 19.1. The Kier molecular flexibility index (Phi) is 8.63. The van der Waals surface area contributed by atoms with Crippen LogP contribution in [0, 0.1) is 12.7 Å². The minimum atomic E-state index is -0.162. The first-order valence-corrected chi connectivity index (χ1v) is 9.54. The number of ketones is 1. The van der Waals surface area contributed by atoms with E-state index in [0.29, 0.717) is 11.1 Å². The molecule has 0 radical (unpaired) electrons. The van der Waals surface area contributed by atoms with Crippen LogP contribution in [-0.4, -0.2) is 31.1 Å². The smallest absolute Gasteiger partial charge is 0.196 e. The standard InChI is InChI=1S/C18H19N3O.C7H7F/c1-13(20-3)17(12-19-2)18(22)15-7-4-6-14(10-15)16-8-5-9-21-11-16;1-6-3-2-4-7(8)5-6/h4-12,20H,1-3H3;2-5H,1H3/b17-13-,19-12?;. The predicted octanol–water partition coefficient (Wildman–Crippen LogP) is 5.26. The fourth-order valence-corrected chi connectivity index (χ4v) is 2.72. The molecule has 0 fully saturated rings. The first-order chi connectivity index (χ1) is 14.5. The van der Waals surface area contributed by atoms with Crippen molar-refractivity contribution < 1.29 is 9.18 Å². The third kappa shape index (κ3) is 6.48. The molecule has 3 rings (SSSR count). The number of carbonyl (C=O) groups is 1. The van der Waals surface area contributed by atoms with Gasteiger partial charge in [0.2, 0.25) is 0 Å². The monoisotopic (exact) mass is 403 g/mol. The van der Waals surface area contributed by atoms with Crippen molar-refractivity contribution in [3.8, 4) is 11.1 Å². The Bertz CT molecular complexity index is 1030. The van der Waals surface area contributed by atoms with Crippen LogP contribution in [0.2, 0.25) is 0 Å². The summed E-state index contributed by atoms with van der Waals surface area (Å²) in [6.07, 6.45) is 5.10. The van der Waals surface area contributed by atoms with Crippen molar-refractivity contribution in [2.45, 2.75) is 13.8 Å². The highest BCUT2D eigenvalue weighted by Crippen LogP contribution is 2.21. The zero-order valence-electron chi connectivity index (χ0n) is 17.7. The highest BCUT2D eigenvalue weighted by molar-refractivity contribution is 6.21. The van der Waals surface area contributed by atoms with E-state index in [4.69, 9.17) is 0 Å². The van der Waals surface area contributed by atoms with Crippen LogP contribution in [-0.2, 0) is 0 Å². The van der Waals surface area contributed by atoms with Crippen molar-refractivity contribution in [3.63, 3.8) is 0 Å². The third-order valence-electron chi connectivity index (χ3n) is 4.38. The average molecular weight is 404 g/mol. The van der Waals surface area contributed by atoms with Gasteiger partial charge in [-0.05, 0) is 49.2 Å². The van der Waals surface area contributed by atoms with Gasteiger partial charge in [0.15, 0.2) is 5.78 Å². The number of aliphatic imine (C=N–C) groups is 1. The predicted molar refractivity (Wildman–Crippen MR) is 121 cm³/mol. The van der Waals surface area contributed by atoms with E-state index >= 15 is 0 Å². The summed E-state index contributed by atoms with van der Waals surface area (Å²) < 4.78 is 12.2. The summed E-state index contributed by atoms with van der Waals surface area (Å²) in [6, 6.07) is 17.9. The highest BCUT2D eigenvalue weighted by Gasteiger charge is 2.14. The number of hydrogen-bond acceptors (Lipinski definition) is 4. The summed E-state index contributed by atoms with van der Waals surface area (Å²) in [5.74, 6) is -0.215. The zero-order valence-corrected chi connectivity index (χ0v) is 17.7. The van der Waals surface area contributed by atoms with E-state index in [-0.39, 0.29) is 11.6 Å². The van der Waals surface area contributed by atoms with Crippen LogP contribution in [0.25, 0.3) is 11.1 Å². The van der Waals surface area contributed by atoms with Gasteiger partial charge in [0, 0.05) is 49.5 Å². The molecule has 1 aromatic heterocycles. The molecule has 5 heteroatoms. The third-order valence-corrected chi connectivity index (χ3v) is 4.38. The maximum atomic E-state index is 12.7. The van der Waals surface area contributed by atoms with Crippen LogP contribution in [0.1, 0.15) is 22.8 Å². The number of nitrogens with zero attached hydrogens (tertiary/aromatic N) is 2. The van der Waals surface area contributed by atoms with Crippen molar-refractivity contribution >= 4 is 12.0 Å². The van der Waals surface area contributed by atoms with Gasteiger partial charge in [-0.15, -0.1) is 0 Å². The molecule has 0 amide bonds. The summed E-state index contributed by atoms with van der Waals surface area (Å²) in [4.78, 5) is 20.8. The van der Waals surface area contributed by atoms with Crippen LogP contribution < -0.4 is 5.32 Å². The van der Waals surface area contributed by atoms with Crippen LogP contribution in [0.15, 0.2) is 89.3 Å². The summed E-state index contributed by atoms with van der Waals surface area (Å²) in [6.45, 7) is 3.73. The SMILES string of the molecule is CN=C/C(C(=O)c1cccc(-c2cccnc2)c1)=C(\C)NC.Cc1cccc(F)c1. The number of nitrogens with one attached hydrogen (secondary N) is 1. The Hall–Kier alpha value is -3.60. The lowest BCUT2D eigenvalue weighted by Crippen LogP contribution is -2.14. The van der Waals surface area contributed by atoms with Gasteiger partial charge in [0.05, 0.1) is 5.57 Å². The number of aryl methyl sites for hydroxylation is 1. The molecule has 0 unspecified atom stereocenters. The molecule has 0 aliphatic carbocycles. The molecule has 0 atom stereocenters. The molecule has 0 bridgehead atoms. The topological polar surface area (TPSA) is 54.4 Å². The number of allylic oxidation sites excluding steroid dienone is 2. The van der Waals surface area contributed by atoms with E-state index in [0.717, 1.165) is 22.4 Å². The quantitative estimate of drug-likeness (QED) is 0.359. The lowest BCUT2D eigenvalue weighted by Gasteiger charge is -2.08. The molecular weight excluding hydrogens is 377 g/mol. The lowest BCUT2D eigenvalue weighted by atomic mass is 9.98. The Morgan fingerprint density at radius 2 is 1.80 bits per heavy atom. The van der Waals surface area contributed by atoms with Crippen molar-refractivity contribution in [2.75, 3.05) is 14.1 Å². The Morgan fingerprint density at radius 1 is 1.07 bits per heavy atom. The van der Waals surface area contributed by atoms with Gasteiger partial charge >= 0.3 is 0 Å². The van der Waals surface area contributed by atoms with Crippen molar-refractivity contribution in [3.05, 3.63) is 101 Å². The van der Waals surface area contributed by atoms with E-state index < -0.39 is 0 Å². The maximum absolute atomic E-state index is 12.7. The molecule has 2 aromatic carbocycles. The van der Waals surface area contributed by atoms with Gasteiger partial charge in [-0.3, -0.25) is 14.8 Å². The van der Waals surface area contributed by atoms with E-state index in [1.165, 1.54) is 12.1 Å². The summed E-state index contributed by atoms with van der Waals surface area (Å²) >= 11 is 0. The van der Waals surface area contributed by atoms with E-state index in [2.05, 4.69) is 15.3 Å². The van der Waals surface area contributed by atoms with Crippen LogP contribution in [0.5, 0.6) is 0 Å². The first kappa shape index (κ1) is 22.7. The Morgan fingerprint density at radius 3 is 2.37 bits per heavy atom. The van der Waals surface area contributed by atoms with Crippen LogP contribution in [0.3, 0.4) is 0 Å². The first-order valence-electron chi connectivity index (χ1n) is 9.54. The number of pyridine rings is 1. The molecule has 0 aliphatic heterocycles. The van der Waals surface area contributed by atoms with Crippen molar-refractivity contribution in [1.29, 1.82) is 0 Å². The van der Waals surface area contributed by atoms with Gasteiger partial charge < -0.3 is 5.32 Å². The largest absolute Gasteiger partial charge is 0.391 e. The zero-order chi connectivity index (χ0) is 21.9. The maximum Gasteiger partial charge on any atom is 0.196 e. The summed E-state index contributed by atoms with van der Waals surface area (Å²) in [5.41, 5.74) is 4.90. The fraction of sp³-hybridized carbons (Fsp3) is 0.160. The molecule has 0 saturated carbocycles. The number of halogens is 1. The molecule has 0 spiro atoms. The van der Waals surface area contributed by atoms with Crippen LogP contribution >= 0.6 is 0 Å². The number of rotatable bonds is 5. The lowest BCUT2D eigenvalue weighted by molar-refractivity contribution is 0.103. The molecule has 154 valence electrons. The molecular formula is C25H26FN3O. The molecule has 0 saturated heterocycles. The minimum Gasteiger partial charge on any atom is -0.391 e. The molecule has 1 heterocycles. The average Bonchev–Trinajstić information content (AvgIpc) is 2.77. The molecule has 30 heavy (non-hydrogen) atoms.